The Kier molecular flexibility index (Phi) is 5.51. The molecule has 2 aliphatic heterocycles. The van der Waals surface area contributed by atoms with Crippen molar-refractivity contribution in [1.29, 1.82) is 0 Å². The van der Waals surface area contributed by atoms with Crippen molar-refractivity contribution in [1.82, 2.24) is 9.80 Å². The number of rotatable bonds is 3. The van der Waals surface area contributed by atoms with Crippen LogP contribution >= 0.6 is 11.8 Å². The summed E-state index contributed by atoms with van der Waals surface area (Å²) in [4.78, 5) is 39.8. The lowest BCUT2D eigenvalue weighted by molar-refractivity contribution is -0.384. The molecule has 2 aromatic carbocycles. The van der Waals surface area contributed by atoms with Gasteiger partial charge in [-0.1, -0.05) is 17.7 Å². The number of piperidine rings is 1. The second kappa shape index (κ2) is 8.10. The van der Waals surface area contributed by atoms with Crippen LogP contribution in [0.5, 0.6) is 0 Å². The number of non-ortho nitro benzene ring substituents is 1. The summed E-state index contributed by atoms with van der Waals surface area (Å²) in [5, 5.41) is 10.9. The highest BCUT2D eigenvalue weighted by molar-refractivity contribution is 8.00. The van der Waals surface area contributed by atoms with E-state index >= 15 is 0 Å². The molecule has 2 aromatic rings. The number of aryl methyl sites for hydroxylation is 1. The Morgan fingerprint density at radius 2 is 1.50 bits per heavy atom. The Labute approximate surface area is 179 Å². The van der Waals surface area contributed by atoms with Crippen molar-refractivity contribution in [3.63, 3.8) is 0 Å². The summed E-state index contributed by atoms with van der Waals surface area (Å²) in [6.07, 6.45) is 1.43. The zero-order valence-corrected chi connectivity index (χ0v) is 17.6. The zero-order chi connectivity index (χ0) is 21.3. The predicted molar refractivity (Wildman–Crippen MR) is 116 cm³/mol. The fourth-order valence-corrected chi connectivity index (χ4v) is 5.58. The Hall–Kier alpha value is -2.87. The maximum absolute atomic E-state index is 13.1. The van der Waals surface area contributed by atoms with Gasteiger partial charge in [0.2, 0.25) is 0 Å². The van der Waals surface area contributed by atoms with E-state index < -0.39 is 4.92 Å². The first-order valence-electron chi connectivity index (χ1n) is 9.96. The molecule has 0 radical (unpaired) electrons. The van der Waals surface area contributed by atoms with Gasteiger partial charge >= 0.3 is 0 Å². The van der Waals surface area contributed by atoms with Gasteiger partial charge < -0.3 is 9.80 Å². The summed E-state index contributed by atoms with van der Waals surface area (Å²) in [6, 6.07) is 13.4. The molecule has 0 unspecified atom stereocenters. The minimum atomic E-state index is -0.470. The quantitative estimate of drug-likeness (QED) is 0.553. The van der Waals surface area contributed by atoms with Crippen LogP contribution in [0.2, 0.25) is 0 Å². The molecule has 0 bridgehead atoms. The van der Waals surface area contributed by atoms with Gasteiger partial charge in [-0.3, -0.25) is 19.7 Å². The number of nitro benzene ring substituents is 1. The Bertz CT molecular complexity index is 967. The van der Waals surface area contributed by atoms with Gasteiger partial charge in [0, 0.05) is 48.6 Å². The molecule has 1 spiro atoms. The number of likely N-dealkylation sites (tertiary alicyclic amines) is 1. The van der Waals surface area contributed by atoms with E-state index in [-0.39, 0.29) is 22.4 Å². The molecule has 2 fully saturated rings. The number of hydrogen-bond donors (Lipinski definition) is 0. The second-order valence-electron chi connectivity index (χ2n) is 7.71. The number of thioether (sulfide) groups is 1. The van der Waals surface area contributed by atoms with Gasteiger partial charge in [-0.15, -0.1) is 11.8 Å². The van der Waals surface area contributed by atoms with Gasteiger partial charge in [-0.2, -0.15) is 0 Å². The first kappa shape index (κ1) is 20.4. The lowest BCUT2D eigenvalue weighted by Gasteiger charge is -2.44. The molecular formula is C22H23N3O4S. The van der Waals surface area contributed by atoms with E-state index in [4.69, 9.17) is 0 Å². The summed E-state index contributed by atoms with van der Waals surface area (Å²) >= 11 is 1.78. The SMILES string of the molecule is Cc1ccc(C(=O)N2CCC3(CC2)SCCN3C(=O)c2ccc([N+](=O)[O-])cc2)cc1. The fraction of sp³-hybridized carbons (Fsp3) is 0.364. The second-order valence-corrected chi connectivity index (χ2v) is 9.17. The van der Waals surface area contributed by atoms with E-state index in [1.54, 1.807) is 11.8 Å². The topological polar surface area (TPSA) is 83.8 Å². The molecule has 2 amide bonds. The Morgan fingerprint density at radius 3 is 2.10 bits per heavy atom. The smallest absolute Gasteiger partial charge is 0.269 e. The first-order valence-corrected chi connectivity index (χ1v) is 10.9. The number of amides is 2. The minimum absolute atomic E-state index is 0.0278. The van der Waals surface area contributed by atoms with Crippen LogP contribution in [0.25, 0.3) is 0 Å². The highest BCUT2D eigenvalue weighted by atomic mass is 32.2. The molecule has 156 valence electrons. The van der Waals surface area contributed by atoms with Crippen LogP contribution in [-0.4, -0.2) is 56.8 Å². The first-order chi connectivity index (χ1) is 14.4. The Morgan fingerprint density at radius 1 is 0.933 bits per heavy atom. The molecule has 30 heavy (non-hydrogen) atoms. The van der Waals surface area contributed by atoms with Crippen molar-refractivity contribution in [3.8, 4) is 0 Å². The lowest BCUT2D eigenvalue weighted by Crippen LogP contribution is -2.53. The van der Waals surface area contributed by atoms with Gasteiger partial charge in [-0.25, -0.2) is 0 Å². The monoisotopic (exact) mass is 425 g/mol. The van der Waals surface area contributed by atoms with Crippen LogP contribution < -0.4 is 0 Å². The van der Waals surface area contributed by atoms with Gasteiger partial charge in [0.15, 0.2) is 0 Å². The molecule has 0 saturated carbocycles. The number of nitro groups is 1. The van der Waals surface area contributed by atoms with Gasteiger partial charge in [0.05, 0.1) is 9.79 Å². The molecule has 4 rings (SSSR count). The standard InChI is InChI=1S/C22H23N3O4S/c1-16-2-4-17(5-3-16)20(26)23-12-10-22(11-13-23)24(14-15-30-22)21(27)18-6-8-19(9-7-18)25(28)29/h2-9H,10-15H2,1H3. The summed E-state index contributed by atoms with van der Waals surface area (Å²) in [7, 11) is 0. The Balaban J connectivity index is 1.45. The number of hydrogen-bond acceptors (Lipinski definition) is 5. The predicted octanol–water partition coefficient (Wildman–Crippen LogP) is 3.72. The number of carbonyl (C=O) groups is 2. The normalized spacial score (nSPS) is 17.9. The maximum Gasteiger partial charge on any atom is 0.269 e. The summed E-state index contributed by atoms with van der Waals surface area (Å²) in [5.74, 6) is 0.777. The molecule has 7 nitrogen and oxygen atoms in total. The van der Waals surface area contributed by atoms with Crippen LogP contribution in [0.4, 0.5) is 5.69 Å². The van der Waals surface area contributed by atoms with E-state index in [9.17, 15) is 19.7 Å². The zero-order valence-electron chi connectivity index (χ0n) is 16.7. The van der Waals surface area contributed by atoms with E-state index in [1.807, 2.05) is 41.0 Å². The molecular weight excluding hydrogens is 402 g/mol. The fourth-order valence-electron chi connectivity index (χ4n) is 4.13. The van der Waals surface area contributed by atoms with Crippen LogP contribution in [0.15, 0.2) is 48.5 Å². The van der Waals surface area contributed by atoms with Crippen molar-refractivity contribution in [3.05, 3.63) is 75.3 Å². The van der Waals surface area contributed by atoms with Crippen molar-refractivity contribution >= 4 is 29.3 Å². The van der Waals surface area contributed by atoms with E-state index in [1.165, 1.54) is 24.3 Å². The molecule has 0 aromatic heterocycles. The maximum atomic E-state index is 13.1. The molecule has 2 saturated heterocycles. The minimum Gasteiger partial charge on any atom is -0.338 e. The average Bonchev–Trinajstić information content (AvgIpc) is 3.16. The van der Waals surface area contributed by atoms with Gasteiger partial charge in [-0.05, 0) is 44.0 Å². The summed E-state index contributed by atoms with van der Waals surface area (Å²) in [5.41, 5.74) is 2.24. The van der Waals surface area contributed by atoms with Crippen LogP contribution in [0.1, 0.15) is 39.1 Å². The van der Waals surface area contributed by atoms with Crippen LogP contribution in [-0.2, 0) is 0 Å². The third-order valence-corrected chi connectivity index (χ3v) is 7.43. The van der Waals surface area contributed by atoms with Crippen molar-refractivity contribution in [2.45, 2.75) is 24.6 Å². The third kappa shape index (κ3) is 3.79. The molecule has 0 atom stereocenters. The molecule has 2 heterocycles. The van der Waals surface area contributed by atoms with E-state index in [0.717, 1.165) is 11.3 Å². The third-order valence-electron chi connectivity index (χ3n) is 5.88. The number of carbonyl (C=O) groups excluding carboxylic acids is 2. The van der Waals surface area contributed by atoms with E-state index in [0.29, 0.717) is 43.6 Å². The number of benzene rings is 2. The van der Waals surface area contributed by atoms with Crippen LogP contribution in [0, 0.1) is 17.0 Å². The molecule has 0 aliphatic carbocycles. The highest BCUT2D eigenvalue weighted by Crippen LogP contribution is 2.44. The highest BCUT2D eigenvalue weighted by Gasteiger charge is 2.47. The molecule has 2 aliphatic rings. The largest absolute Gasteiger partial charge is 0.338 e. The van der Waals surface area contributed by atoms with Gasteiger partial charge in [0.25, 0.3) is 17.5 Å². The number of nitrogens with zero attached hydrogens (tertiary/aromatic N) is 3. The summed E-state index contributed by atoms with van der Waals surface area (Å²) < 4.78 is 0. The van der Waals surface area contributed by atoms with Gasteiger partial charge in [0.1, 0.15) is 0 Å². The molecule has 8 heteroatoms. The van der Waals surface area contributed by atoms with Crippen molar-refractivity contribution in [2.75, 3.05) is 25.4 Å². The summed E-state index contributed by atoms with van der Waals surface area (Å²) in [6.45, 7) is 3.84. The average molecular weight is 426 g/mol. The van der Waals surface area contributed by atoms with Crippen molar-refractivity contribution in [2.24, 2.45) is 0 Å². The lowest BCUT2D eigenvalue weighted by atomic mass is 10.00. The van der Waals surface area contributed by atoms with Crippen LogP contribution in [0.3, 0.4) is 0 Å². The molecule has 0 N–H and O–H groups in total. The van der Waals surface area contributed by atoms with Crippen molar-refractivity contribution < 1.29 is 14.5 Å². The van der Waals surface area contributed by atoms with E-state index in [2.05, 4.69) is 0 Å².